The second kappa shape index (κ2) is 10.5. The largest absolute Gasteiger partial charge is 0.484 e. The van der Waals surface area contributed by atoms with Gasteiger partial charge in [0.25, 0.3) is 17.5 Å². The van der Waals surface area contributed by atoms with Crippen LogP contribution in [0, 0.1) is 10.1 Å². The highest BCUT2D eigenvalue weighted by molar-refractivity contribution is 6.32. The van der Waals surface area contributed by atoms with E-state index in [1.165, 1.54) is 18.3 Å². The van der Waals surface area contributed by atoms with Crippen LogP contribution in [0.15, 0.2) is 47.6 Å². The number of carbonyl (C=O) groups is 2. The molecule has 0 saturated carbocycles. The molecule has 1 aliphatic rings. The summed E-state index contributed by atoms with van der Waals surface area (Å²) in [5.41, 5.74) is 2.67. The molecule has 0 unspecified atom stereocenters. The molecule has 1 N–H and O–H groups in total. The molecular formula is C20H19ClN4O6. The van der Waals surface area contributed by atoms with Gasteiger partial charge in [0.15, 0.2) is 6.61 Å². The highest BCUT2D eigenvalue weighted by Gasteiger charge is 2.17. The van der Waals surface area contributed by atoms with Crippen molar-refractivity contribution in [2.24, 2.45) is 5.10 Å². The Morgan fingerprint density at radius 1 is 1.23 bits per heavy atom. The Hall–Kier alpha value is -3.50. The molecule has 0 spiro atoms. The topological polar surface area (TPSA) is 123 Å². The number of nitro groups is 1. The number of rotatable bonds is 7. The van der Waals surface area contributed by atoms with Crippen molar-refractivity contribution in [2.45, 2.75) is 0 Å². The summed E-state index contributed by atoms with van der Waals surface area (Å²) < 4.78 is 10.7. The molecule has 11 heteroatoms. The van der Waals surface area contributed by atoms with Crippen molar-refractivity contribution in [3.63, 3.8) is 0 Å². The Balaban J connectivity index is 1.50. The van der Waals surface area contributed by atoms with Crippen LogP contribution in [-0.2, 0) is 9.53 Å². The molecule has 1 saturated heterocycles. The predicted molar refractivity (Wildman–Crippen MR) is 113 cm³/mol. The summed E-state index contributed by atoms with van der Waals surface area (Å²) in [5.74, 6) is -0.187. The molecule has 10 nitrogen and oxygen atoms in total. The van der Waals surface area contributed by atoms with E-state index in [1.807, 2.05) is 0 Å². The number of halogens is 1. The van der Waals surface area contributed by atoms with Crippen LogP contribution in [0.5, 0.6) is 5.75 Å². The number of hydrazone groups is 1. The second-order valence-corrected chi connectivity index (χ2v) is 6.88. The van der Waals surface area contributed by atoms with Crippen LogP contribution in [0.25, 0.3) is 0 Å². The third-order valence-corrected chi connectivity index (χ3v) is 4.71. The van der Waals surface area contributed by atoms with Gasteiger partial charge in [-0.2, -0.15) is 5.10 Å². The predicted octanol–water partition coefficient (Wildman–Crippen LogP) is 2.25. The Morgan fingerprint density at radius 2 is 1.94 bits per heavy atom. The first-order chi connectivity index (χ1) is 14.9. The fourth-order valence-electron chi connectivity index (χ4n) is 2.72. The number of nitro benzene ring substituents is 1. The zero-order valence-corrected chi connectivity index (χ0v) is 17.1. The number of morpholine rings is 1. The number of nitrogens with one attached hydrogen (secondary N) is 1. The van der Waals surface area contributed by atoms with E-state index in [-0.39, 0.29) is 28.8 Å². The lowest BCUT2D eigenvalue weighted by Crippen LogP contribution is -2.42. The normalized spacial score (nSPS) is 13.8. The molecule has 0 radical (unpaired) electrons. The molecule has 0 atom stereocenters. The van der Waals surface area contributed by atoms with Crippen LogP contribution < -0.4 is 10.2 Å². The molecule has 1 aliphatic heterocycles. The van der Waals surface area contributed by atoms with Crippen molar-refractivity contribution in [3.8, 4) is 5.75 Å². The minimum absolute atomic E-state index is 0.0565. The van der Waals surface area contributed by atoms with Gasteiger partial charge in [0.05, 0.1) is 24.4 Å². The average Bonchev–Trinajstić information content (AvgIpc) is 2.79. The summed E-state index contributed by atoms with van der Waals surface area (Å²) in [6, 6.07) is 10.5. The SMILES string of the molecule is O=C(N/N=C\c1ccc(OCC(=O)N2CCOCC2)cc1)c1ccc(Cl)c([N+](=O)[O-])c1. The molecule has 2 aromatic rings. The first-order valence-corrected chi connectivity index (χ1v) is 9.67. The number of amides is 2. The summed E-state index contributed by atoms with van der Waals surface area (Å²) in [6.07, 6.45) is 1.41. The maximum absolute atomic E-state index is 12.1. The number of nitrogens with zero attached hydrogens (tertiary/aromatic N) is 3. The number of ether oxygens (including phenoxy) is 2. The standard InChI is InChI=1S/C20H19ClN4O6/c21-17-6-3-15(11-18(17)25(28)29)20(27)23-22-12-14-1-4-16(5-2-14)31-13-19(26)24-7-9-30-10-8-24/h1-6,11-12H,7-10,13H2,(H,23,27)/b22-12-. The van der Waals surface area contributed by atoms with Gasteiger partial charge in [-0.3, -0.25) is 19.7 Å². The van der Waals surface area contributed by atoms with E-state index >= 15 is 0 Å². The minimum Gasteiger partial charge on any atom is -0.484 e. The van der Waals surface area contributed by atoms with Gasteiger partial charge in [-0.05, 0) is 42.0 Å². The highest BCUT2D eigenvalue weighted by Crippen LogP contribution is 2.25. The molecule has 1 fully saturated rings. The van der Waals surface area contributed by atoms with E-state index in [1.54, 1.807) is 29.2 Å². The second-order valence-electron chi connectivity index (χ2n) is 6.47. The molecular weight excluding hydrogens is 428 g/mol. The molecule has 2 amide bonds. The van der Waals surface area contributed by atoms with Crippen LogP contribution in [0.1, 0.15) is 15.9 Å². The fraction of sp³-hybridized carbons (Fsp3) is 0.250. The number of hydrogen-bond donors (Lipinski definition) is 1. The fourth-order valence-corrected chi connectivity index (χ4v) is 2.91. The van der Waals surface area contributed by atoms with Crippen molar-refractivity contribution in [1.29, 1.82) is 0 Å². The van der Waals surface area contributed by atoms with Crippen LogP contribution in [0.2, 0.25) is 5.02 Å². The van der Waals surface area contributed by atoms with Crippen LogP contribution in [0.3, 0.4) is 0 Å². The maximum Gasteiger partial charge on any atom is 0.288 e. The van der Waals surface area contributed by atoms with Gasteiger partial charge in [-0.15, -0.1) is 0 Å². The number of hydrogen-bond acceptors (Lipinski definition) is 7. The van der Waals surface area contributed by atoms with Crippen molar-refractivity contribution in [1.82, 2.24) is 10.3 Å². The monoisotopic (exact) mass is 446 g/mol. The van der Waals surface area contributed by atoms with Crippen LogP contribution >= 0.6 is 11.6 Å². The van der Waals surface area contributed by atoms with Crippen LogP contribution in [-0.4, -0.2) is 60.8 Å². The van der Waals surface area contributed by atoms with Crippen LogP contribution in [0.4, 0.5) is 5.69 Å². The van der Waals surface area contributed by atoms with Crippen molar-refractivity contribution >= 4 is 35.3 Å². The first-order valence-electron chi connectivity index (χ1n) is 9.30. The third-order valence-electron chi connectivity index (χ3n) is 4.39. The van der Waals surface area contributed by atoms with E-state index < -0.39 is 10.8 Å². The Bertz CT molecular complexity index is 990. The molecule has 0 aromatic heterocycles. The summed E-state index contributed by atoms with van der Waals surface area (Å²) in [4.78, 5) is 36.1. The van der Waals surface area contributed by atoms with E-state index in [2.05, 4.69) is 10.5 Å². The summed E-state index contributed by atoms with van der Waals surface area (Å²) >= 11 is 5.73. The molecule has 3 rings (SSSR count). The maximum atomic E-state index is 12.1. The molecule has 31 heavy (non-hydrogen) atoms. The lowest BCUT2D eigenvalue weighted by Gasteiger charge is -2.26. The highest BCUT2D eigenvalue weighted by atomic mass is 35.5. The number of benzene rings is 2. The van der Waals surface area contributed by atoms with Gasteiger partial charge in [0.2, 0.25) is 0 Å². The van der Waals surface area contributed by atoms with Crippen molar-refractivity contribution in [3.05, 3.63) is 68.7 Å². The quantitative estimate of drug-likeness (QED) is 0.395. The summed E-state index contributed by atoms with van der Waals surface area (Å²) in [5, 5.41) is 14.7. The third kappa shape index (κ3) is 6.24. The zero-order chi connectivity index (χ0) is 22.2. The Kier molecular flexibility index (Phi) is 7.52. The Morgan fingerprint density at radius 3 is 2.61 bits per heavy atom. The number of carbonyl (C=O) groups excluding carboxylic acids is 2. The minimum atomic E-state index is -0.666. The van der Waals surface area contributed by atoms with Crippen molar-refractivity contribution in [2.75, 3.05) is 32.9 Å². The lowest BCUT2D eigenvalue weighted by molar-refractivity contribution is -0.384. The first kappa shape index (κ1) is 22.2. The average molecular weight is 447 g/mol. The summed E-state index contributed by atoms with van der Waals surface area (Å²) in [7, 11) is 0. The van der Waals surface area contributed by atoms with Gasteiger partial charge in [-0.25, -0.2) is 5.43 Å². The lowest BCUT2D eigenvalue weighted by atomic mass is 10.2. The van der Waals surface area contributed by atoms with Gasteiger partial charge in [0, 0.05) is 24.7 Å². The molecule has 0 aliphatic carbocycles. The molecule has 1 heterocycles. The van der Waals surface area contributed by atoms with Crippen molar-refractivity contribution < 1.29 is 24.0 Å². The smallest absolute Gasteiger partial charge is 0.288 e. The molecule has 2 aromatic carbocycles. The Labute approximate surface area is 182 Å². The zero-order valence-electron chi connectivity index (χ0n) is 16.3. The molecule has 0 bridgehead atoms. The van der Waals surface area contributed by atoms with Gasteiger partial charge in [0.1, 0.15) is 10.8 Å². The van der Waals surface area contributed by atoms with Gasteiger partial charge >= 0.3 is 0 Å². The van der Waals surface area contributed by atoms with E-state index in [0.717, 1.165) is 6.07 Å². The van der Waals surface area contributed by atoms with Gasteiger partial charge < -0.3 is 14.4 Å². The van der Waals surface area contributed by atoms with E-state index in [4.69, 9.17) is 21.1 Å². The van der Waals surface area contributed by atoms with Gasteiger partial charge in [-0.1, -0.05) is 11.6 Å². The van der Waals surface area contributed by atoms with E-state index in [0.29, 0.717) is 37.6 Å². The molecule has 162 valence electrons. The van der Waals surface area contributed by atoms with E-state index in [9.17, 15) is 19.7 Å². The summed E-state index contributed by atoms with van der Waals surface area (Å²) in [6.45, 7) is 2.13.